The van der Waals surface area contributed by atoms with Crippen LogP contribution in [0.5, 0.6) is 0 Å². The number of aromatic nitrogens is 1. The maximum atomic E-state index is 12.3. The van der Waals surface area contributed by atoms with E-state index in [0.717, 1.165) is 39.6 Å². The molecule has 1 aromatic heterocycles. The number of benzene rings is 1. The Morgan fingerprint density at radius 2 is 2.21 bits per heavy atom. The first kappa shape index (κ1) is 17.1. The molecule has 1 N–H and O–H groups in total. The Balaban J connectivity index is 1.74. The van der Waals surface area contributed by atoms with Gasteiger partial charge in [0, 0.05) is 29.0 Å². The van der Waals surface area contributed by atoms with Gasteiger partial charge in [-0.1, -0.05) is 15.9 Å². The zero-order valence-corrected chi connectivity index (χ0v) is 15.7. The molecule has 7 heteroatoms. The number of amides is 1. The minimum atomic E-state index is -0.173. The molecule has 1 aliphatic heterocycles. The molecule has 0 aliphatic carbocycles. The van der Waals surface area contributed by atoms with Crippen LogP contribution in [0, 0.1) is 6.92 Å². The summed E-state index contributed by atoms with van der Waals surface area (Å²) in [6.45, 7) is 4.98. The van der Waals surface area contributed by atoms with Crippen LogP contribution in [0.1, 0.15) is 10.7 Å². The van der Waals surface area contributed by atoms with Crippen molar-refractivity contribution < 1.29 is 9.53 Å². The first-order valence-electron chi connectivity index (χ1n) is 7.65. The quantitative estimate of drug-likeness (QED) is 0.784. The van der Waals surface area contributed by atoms with Crippen LogP contribution in [0.25, 0.3) is 6.08 Å². The van der Waals surface area contributed by atoms with Gasteiger partial charge in [-0.3, -0.25) is 4.79 Å². The van der Waals surface area contributed by atoms with Crippen molar-refractivity contribution in [2.45, 2.75) is 6.92 Å². The monoisotopic (exact) mass is 407 g/mol. The molecule has 1 amide bonds. The number of halogens is 1. The van der Waals surface area contributed by atoms with Crippen molar-refractivity contribution in [3.05, 3.63) is 44.8 Å². The summed E-state index contributed by atoms with van der Waals surface area (Å²) in [6.07, 6.45) is 3.24. The molecule has 126 valence electrons. The lowest BCUT2D eigenvalue weighted by Crippen LogP contribution is -2.36. The Morgan fingerprint density at radius 3 is 2.92 bits per heavy atom. The van der Waals surface area contributed by atoms with Gasteiger partial charge in [-0.15, -0.1) is 11.3 Å². The predicted molar refractivity (Wildman–Crippen MR) is 102 cm³/mol. The zero-order valence-electron chi connectivity index (χ0n) is 13.3. The molecule has 5 nitrogen and oxygen atoms in total. The molecule has 1 saturated heterocycles. The lowest BCUT2D eigenvalue weighted by atomic mass is 10.2. The van der Waals surface area contributed by atoms with Gasteiger partial charge in [0.25, 0.3) is 0 Å². The van der Waals surface area contributed by atoms with Gasteiger partial charge in [0.1, 0.15) is 0 Å². The second-order valence-corrected chi connectivity index (χ2v) is 7.35. The molecule has 1 aliphatic rings. The summed E-state index contributed by atoms with van der Waals surface area (Å²) in [4.78, 5) is 18.8. The predicted octanol–water partition coefficient (Wildman–Crippen LogP) is 3.70. The van der Waals surface area contributed by atoms with E-state index in [1.165, 1.54) is 6.08 Å². The van der Waals surface area contributed by atoms with E-state index in [1.807, 2.05) is 30.5 Å². The third-order valence-corrected chi connectivity index (χ3v) is 4.90. The number of rotatable bonds is 4. The smallest absolute Gasteiger partial charge is 0.248 e. The molecule has 1 fully saturated rings. The zero-order chi connectivity index (χ0) is 16.9. The standard InChI is InChI=1S/C17H18BrN3O2S/c1-12-19-14(11-24-12)3-5-17(22)20-15-10-13(18)2-4-16(15)21-6-8-23-9-7-21/h2-5,10-11H,6-9H2,1H3,(H,20,22)/b5-3+. The van der Waals surface area contributed by atoms with E-state index in [2.05, 4.69) is 31.1 Å². The number of anilines is 2. The summed E-state index contributed by atoms with van der Waals surface area (Å²) in [7, 11) is 0. The average molecular weight is 408 g/mol. The highest BCUT2D eigenvalue weighted by atomic mass is 79.9. The molecule has 3 rings (SSSR count). The number of hydrogen-bond donors (Lipinski definition) is 1. The lowest BCUT2D eigenvalue weighted by Gasteiger charge is -2.30. The lowest BCUT2D eigenvalue weighted by molar-refractivity contribution is -0.111. The normalized spacial score (nSPS) is 15.0. The molecule has 0 saturated carbocycles. The molecule has 0 atom stereocenters. The third-order valence-electron chi connectivity index (χ3n) is 3.61. The fourth-order valence-electron chi connectivity index (χ4n) is 2.48. The molecule has 0 bridgehead atoms. The Bertz CT molecular complexity index is 754. The Morgan fingerprint density at radius 1 is 1.42 bits per heavy atom. The number of carbonyl (C=O) groups is 1. The van der Waals surface area contributed by atoms with E-state index in [4.69, 9.17) is 4.74 Å². The molecule has 0 spiro atoms. The second-order valence-electron chi connectivity index (χ2n) is 5.37. The summed E-state index contributed by atoms with van der Waals surface area (Å²) in [6, 6.07) is 5.91. The van der Waals surface area contributed by atoms with E-state index >= 15 is 0 Å². The van der Waals surface area contributed by atoms with Crippen molar-refractivity contribution in [3.8, 4) is 0 Å². The summed E-state index contributed by atoms with van der Waals surface area (Å²) < 4.78 is 6.32. The second kappa shape index (κ2) is 7.92. The van der Waals surface area contributed by atoms with Crippen LogP contribution in [0.15, 0.2) is 34.1 Å². The highest BCUT2D eigenvalue weighted by Crippen LogP contribution is 2.30. The third kappa shape index (κ3) is 4.43. The maximum absolute atomic E-state index is 12.3. The number of nitrogens with zero attached hydrogens (tertiary/aromatic N) is 2. The van der Waals surface area contributed by atoms with Crippen molar-refractivity contribution >= 4 is 50.6 Å². The summed E-state index contributed by atoms with van der Waals surface area (Å²) in [5.74, 6) is -0.173. The van der Waals surface area contributed by atoms with Gasteiger partial charge in [0.05, 0.1) is 35.3 Å². The average Bonchev–Trinajstić information content (AvgIpc) is 2.99. The summed E-state index contributed by atoms with van der Waals surface area (Å²) in [5.41, 5.74) is 2.60. The van der Waals surface area contributed by atoms with Gasteiger partial charge in [0.15, 0.2) is 0 Å². The van der Waals surface area contributed by atoms with Crippen molar-refractivity contribution in [1.29, 1.82) is 0 Å². The molecule has 2 aromatic rings. The van der Waals surface area contributed by atoms with Gasteiger partial charge in [-0.2, -0.15) is 0 Å². The molecule has 0 unspecified atom stereocenters. The number of thiazole rings is 1. The molecule has 24 heavy (non-hydrogen) atoms. The fraction of sp³-hybridized carbons (Fsp3) is 0.294. The number of nitrogens with one attached hydrogen (secondary N) is 1. The topological polar surface area (TPSA) is 54.5 Å². The van der Waals surface area contributed by atoms with Crippen LogP contribution < -0.4 is 10.2 Å². The number of ether oxygens (including phenoxy) is 1. The molecular formula is C17H18BrN3O2S. The van der Waals surface area contributed by atoms with E-state index in [9.17, 15) is 4.79 Å². The van der Waals surface area contributed by atoms with E-state index in [1.54, 1.807) is 17.4 Å². The minimum Gasteiger partial charge on any atom is -0.378 e. The maximum Gasteiger partial charge on any atom is 0.248 e. The van der Waals surface area contributed by atoms with Crippen LogP contribution in [-0.4, -0.2) is 37.2 Å². The highest BCUT2D eigenvalue weighted by Gasteiger charge is 2.16. The van der Waals surface area contributed by atoms with Crippen molar-refractivity contribution in [2.75, 3.05) is 36.5 Å². The van der Waals surface area contributed by atoms with Crippen molar-refractivity contribution in [2.24, 2.45) is 0 Å². The number of aryl methyl sites for hydroxylation is 1. The SMILES string of the molecule is Cc1nc(/C=C/C(=O)Nc2cc(Br)ccc2N2CCOCC2)cs1. The minimum absolute atomic E-state index is 0.173. The van der Waals surface area contributed by atoms with Crippen LogP contribution in [0.4, 0.5) is 11.4 Å². The fourth-order valence-corrected chi connectivity index (χ4v) is 3.42. The van der Waals surface area contributed by atoms with Gasteiger partial charge in [0.2, 0.25) is 5.91 Å². The molecule has 1 aromatic carbocycles. The van der Waals surface area contributed by atoms with E-state index in [0.29, 0.717) is 13.2 Å². The van der Waals surface area contributed by atoms with Gasteiger partial charge in [-0.05, 0) is 31.2 Å². The molecular weight excluding hydrogens is 390 g/mol. The summed E-state index contributed by atoms with van der Waals surface area (Å²) in [5, 5.41) is 5.87. The summed E-state index contributed by atoms with van der Waals surface area (Å²) >= 11 is 5.03. The number of carbonyl (C=O) groups excluding carboxylic acids is 1. The molecule has 0 radical (unpaired) electrons. The number of morpholine rings is 1. The molecule has 2 heterocycles. The van der Waals surface area contributed by atoms with Crippen LogP contribution in [-0.2, 0) is 9.53 Å². The van der Waals surface area contributed by atoms with Crippen molar-refractivity contribution in [1.82, 2.24) is 4.98 Å². The van der Waals surface area contributed by atoms with Crippen LogP contribution in [0.2, 0.25) is 0 Å². The Kier molecular flexibility index (Phi) is 5.65. The van der Waals surface area contributed by atoms with Gasteiger partial charge >= 0.3 is 0 Å². The largest absolute Gasteiger partial charge is 0.378 e. The Hall–Kier alpha value is -1.70. The van der Waals surface area contributed by atoms with E-state index < -0.39 is 0 Å². The first-order chi connectivity index (χ1) is 11.6. The van der Waals surface area contributed by atoms with Gasteiger partial charge < -0.3 is 15.0 Å². The van der Waals surface area contributed by atoms with Gasteiger partial charge in [-0.25, -0.2) is 4.98 Å². The van der Waals surface area contributed by atoms with E-state index in [-0.39, 0.29) is 5.91 Å². The van der Waals surface area contributed by atoms with Crippen LogP contribution >= 0.6 is 27.3 Å². The number of hydrogen-bond acceptors (Lipinski definition) is 5. The highest BCUT2D eigenvalue weighted by molar-refractivity contribution is 9.10. The Labute approximate surface area is 153 Å². The van der Waals surface area contributed by atoms with Crippen LogP contribution in [0.3, 0.4) is 0 Å². The first-order valence-corrected chi connectivity index (χ1v) is 9.32. The van der Waals surface area contributed by atoms with Crippen molar-refractivity contribution in [3.63, 3.8) is 0 Å².